The number of likely N-dealkylation sites (tertiary alicyclic amines) is 2. The Morgan fingerprint density at radius 2 is 1.24 bits per heavy atom. The standard InChI is InChI=1S/C32H35ClN6O2.C31H29ClN6O3S.C4H4BrClO/c1-38(2)15-6-8-25(40)17-22-11-13-24(14-12-22)36-32(41)39-16-5-7-23(21-39)18-30-35-20-28(33)31(37-30)27-19-34-29-10-4-3-9-26(27)29;32-27-18-34-29(17-21-7-6-16-37(19-21)31(39)35-23-14-12-22(33)13-15-23)36-30(27)26-20-38(28-11-5-4-10-25(26)28)42(40,41)24-8-2-1-3-9-24;5-3-1-2-4(6)7/h3-4,6,8-14,19-20,23,34H,5,7,15-18,21H2,1-2H3,(H,36,41);1-5,8-15,18,20-21H,6-7,16-17,19,33H2,(H,35,39);1-2H,3H2/b8-6+;;2-1+. The van der Waals surface area contributed by atoms with Gasteiger partial charge in [-0.1, -0.05) is 118 Å². The van der Waals surface area contributed by atoms with Crippen molar-refractivity contribution in [3.63, 3.8) is 0 Å². The van der Waals surface area contributed by atoms with Gasteiger partial charge in [-0.2, -0.15) is 0 Å². The molecule has 0 aliphatic carbocycles. The summed E-state index contributed by atoms with van der Waals surface area (Å²) in [5.74, 6) is 1.78. The number of fused-ring (bicyclic) bond motifs is 2. The average Bonchev–Trinajstić information content (AvgIpc) is 1.61. The van der Waals surface area contributed by atoms with E-state index in [1.165, 1.54) is 10.0 Å². The number of urea groups is 2. The molecule has 2 saturated heterocycles. The van der Waals surface area contributed by atoms with Gasteiger partial charge in [-0.05, 0) is 142 Å². The molecule has 4 amide bonds. The highest BCUT2D eigenvalue weighted by Gasteiger charge is 2.28. The molecule has 23 heteroatoms. The Morgan fingerprint density at radius 1 is 0.700 bits per heavy atom. The molecule has 18 nitrogen and oxygen atoms in total. The maximum atomic E-state index is 13.6. The van der Waals surface area contributed by atoms with Gasteiger partial charge >= 0.3 is 12.1 Å². The first-order valence-electron chi connectivity index (χ1n) is 29.2. The van der Waals surface area contributed by atoms with E-state index in [0.29, 0.717) is 112 Å². The minimum Gasteiger partial charge on any atom is -0.399 e. The van der Waals surface area contributed by atoms with E-state index < -0.39 is 15.3 Å². The van der Waals surface area contributed by atoms with Gasteiger partial charge in [0.2, 0.25) is 5.24 Å². The topological polar surface area (TPSA) is 234 Å². The second-order valence-corrected chi connectivity index (χ2v) is 25.7. The molecule has 2 aliphatic rings. The maximum absolute atomic E-state index is 13.6. The van der Waals surface area contributed by atoms with Crippen molar-refractivity contribution in [2.45, 2.75) is 49.8 Å². The van der Waals surface area contributed by atoms with Gasteiger partial charge in [0.15, 0.2) is 5.78 Å². The molecule has 0 bridgehead atoms. The predicted octanol–water partition coefficient (Wildman–Crippen LogP) is 13.8. The van der Waals surface area contributed by atoms with E-state index in [1.54, 1.807) is 97.5 Å². The number of amides is 4. The van der Waals surface area contributed by atoms with Gasteiger partial charge in [0.1, 0.15) is 11.6 Å². The summed E-state index contributed by atoms with van der Waals surface area (Å²) in [5, 5.41) is 8.80. The highest BCUT2D eigenvalue weighted by Crippen LogP contribution is 2.37. The summed E-state index contributed by atoms with van der Waals surface area (Å²) >= 11 is 21.1. The molecule has 2 unspecified atom stereocenters. The lowest BCUT2D eigenvalue weighted by Crippen LogP contribution is -2.43. The van der Waals surface area contributed by atoms with Crippen molar-refractivity contribution in [1.82, 2.24) is 43.6 Å². The van der Waals surface area contributed by atoms with Crippen LogP contribution in [0.4, 0.5) is 26.7 Å². The van der Waals surface area contributed by atoms with E-state index >= 15 is 0 Å². The number of aromatic amines is 1. The van der Waals surface area contributed by atoms with Crippen LogP contribution in [-0.4, -0.2) is 127 Å². The zero-order chi connectivity index (χ0) is 63.7. The summed E-state index contributed by atoms with van der Waals surface area (Å²) in [5.41, 5.74) is 13.0. The fraction of sp³-hybridized carbons (Fsp3) is 0.254. The van der Waals surface area contributed by atoms with Crippen LogP contribution in [0, 0.1) is 11.8 Å². The second-order valence-electron chi connectivity index (χ2n) is 22.1. The minimum atomic E-state index is -3.86. The number of halogens is 4. The van der Waals surface area contributed by atoms with E-state index in [2.05, 4.69) is 47.6 Å². The van der Waals surface area contributed by atoms with Gasteiger partial charge in [0, 0.05) is 127 Å². The van der Waals surface area contributed by atoms with Crippen LogP contribution in [0.5, 0.6) is 0 Å². The monoisotopic (exact) mass is 1350 g/mol. The van der Waals surface area contributed by atoms with Gasteiger partial charge in [-0.15, -0.1) is 0 Å². The van der Waals surface area contributed by atoms with Crippen LogP contribution in [0.1, 0.15) is 42.9 Å². The Bertz CT molecular complexity index is 4150. The number of piperidine rings is 2. The molecular weight excluding hydrogens is 1290 g/mol. The first-order chi connectivity index (χ1) is 43.4. The molecule has 5 aromatic carbocycles. The van der Waals surface area contributed by atoms with E-state index in [4.69, 9.17) is 50.5 Å². The molecule has 6 heterocycles. The summed E-state index contributed by atoms with van der Waals surface area (Å²) in [6.45, 7) is 3.30. The molecule has 466 valence electrons. The van der Waals surface area contributed by atoms with Gasteiger partial charge in [0.05, 0.1) is 31.8 Å². The third-order valence-corrected chi connectivity index (χ3v) is 17.8. The number of carbonyl (C=O) groups excluding carboxylic acids is 4. The minimum absolute atomic E-state index is 0.0567. The van der Waals surface area contributed by atoms with Crippen molar-refractivity contribution in [1.29, 1.82) is 0 Å². The van der Waals surface area contributed by atoms with Gasteiger partial charge in [-0.25, -0.2) is 41.9 Å². The molecule has 9 aromatic rings. The number of anilines is 3. The lowest BCUT2D eigenvalue weighted by Gasteiger charge is -2.32. The van der Waals surface area contributed by atoms with Crippen molar-refractivity contribution < 1.29 is 27.6 Å². The largest absolute Gasteiger partial charge is 0.399 e. The number of nitrogens with two attached hydrogens (primary N) is 1. The predicted molar refractivity (Wildman–Crippen MR) is 363 cm³/mol. The van der Waals surface area contributed by atoms with Crippen LogP contribution in [0.15, 0.2) is 181 Å². The highest BCUT2D eigenvalue weighted by molar-refractivity contribution is 9.09. The Kier molecular flexibility index (Phi) is 23.1. The molecule has 0 spiro atoms. The SMILES string of the molecule is CN(C)C/C=C/C(=O)Cc1ccc(NC(=O)N2CCCC(Cc3ncc(Cl)c(-c4c[nH]c5ccccc45)n3)C2)cc1.Nc1ccc(NC(=O)N2CCCC(Cc3ncc(Cl)c(-c4cn(S(=O)(=O)c5ccccc5)c5ccccc45)n3)C2)cc1.O=C(Cl)/C=C/CBr. The third kappa shape index (κ3) is 17.8. The van der Waals surface area contributed by atoms with Crippen LogP contribution in [0.2, 0.25) is 10.0 Å². The summed E-state index contributed by atoms with van der Waals surface area (Å²) in [4.78, 5) is 75.8. The molecule has 5 N–H and O–H groups in total. The fourth-order valence-corrected chi connectivity index (χ4v) is 12.8. The van der Waals surface area contributed by atoms with Gasteiger partial charge in [0.25, 0.3) is 10.0 Å². The second kappa shape index (κ2) is 31.5. The highest BCUT2D eigenvalue weighted by atomic mass is 79.9. The summed E-state index contributed by atoms with van der Waals surface area (Å²) in [7, 11) is 0.0635. The smallest absolute Gasteiger partial charge is 0.321 e. The van der Waals surface area contributed by atoms with E-state index in [0.717, 1.165) is 60.1 Å². The third-order valence-electron chi connectivity index (χ3n) is 15.1. The van der Waals surface area contributed by atoms with E-state index in [9.17, 15) is 27.6 Å². The number of H-pyrrole nitrogens is 1. The number of rotatable bonds is 17. The molecule has 0 saturated carbocycles. The van der Waals surface area contributed by atoms with Crippen LogP contribution in [-0.2, 0) is 38.9 Å². The first-order valence-corrected chi connectivity index (χ1v) is 32.9. The number of nitrogen functional groups attached to an aromatic ring is 1. The number of nitrogens with zero attached hydrogens (tertiary/aromatic N) is 8. The summed E-state index contributed by atoms with van der Waals surface area (Å²) in [6, 6.07) is 37.9. The summed E-state index contributed by atoms with van der Waals surface area (Å²) in [6.07, 6.45) is 18.4. The average molecular weight is 1360 g/mol. The maximum Gasteiger partial charge on any atom is 0.321 e. The molecule has 90 heavy (non-hydrogen) atoms. The number of benzene rings is 5. The van der Waals surface area contributed by atoms with Crippen molar-refractivity contribution in [2.75, 3.05) is 68.5 Å². The number of hydrogen-bond acceptors (Lipinski definition) is 12. The normalized spacial score (nSPS) is 15.1. The molecule has 2 aliphatic heterocycles. The van der Waals surface area contributed by atoms with Crippen molar-refractivity contribution in [3.05, 3.63) is 204 Å². The zero-order valence-corrected chi connectivity index (χ0v) is 54.3. The number of nitrogens with one attached hydrogen (secondary N) is 3. The number of ketones is 1. The molecule has 0 radical (unpaired) electrons. The van der Waals surface area contributed by atoms with Crippen LogP contribution in [0.3, 0.4) is 0 Å². The number of alkyl halides is 1. The van der Waals surface area contributed by atoms with E-state index in [1.807, 2.05) is 95.7 Å². The number of carbonyl (C=O) groups is 4. The lowest BCUT2D eigenvalue weighted by molar-refractivity contribution is -0.114. The Labute approximate surface area is 546 Å². The zero-order valence-electron chi connectivity index (χ0n) is 49.6. The van der Waals surface area contributed by atoms with Crippen molar-refractivity contribution >= 4 is 123 Å². The Balaban J connectivity index is 0.000000193. The molecule has 4 aromatic heterocycles. The van der Waals surface area contributed by atoms with Crippen molar-refractivity contribution in [3.8, 4) is 22.5 Å². The Morgan fingerprint density at radius 3 is 1.81 bits per heavy atom. The molecule has 2 atom stereocenters. The van der Waals surface area contributed by atoms with Crippen LogP contribution in [0.25, 0.3) is 44.3 Å². The van der Waals surface area contributed by atoms with Crippen LogP contribution >= 0.6 is 50.7 Å². The first kappa shape index (κ1) is 66.2. The Hall–Kier alpha value is -8.24. The number of para-hydroxylation sites is 2. The fourth-order valence-electron chi connectivity index (χ4n) is 10.7. The van der Waals surface area contributed by atoms with E-state index in [-0.39, 0.29) is 34.6 Å². The van der Waals surface area contributed by atoms with Crippen molar-refractivity contribution in [2.24, 2.45) is 11.8 Å². The van der Waals surface area contributed by atoms with Crippen LogP contribution < -0.4 is 16.4 Å². The lowest BCUT2D eigenvalue weighted by atomic mass is 9.94. The number of hydrogen-bond donors (Lipinski definition) is 4. The molecule has 2 fully saturated rings. The quantitative estimate of drug-likeness (QED) is 0.0288. The number of aromatic nitrogens is 6. The molecule has 11 rings (SSSR count). The summed E-state index contributed by atoms with van der Waals surface area (Å²) < 4.78 is 28.4. The number of allylic oxidation sites excluding steroid dienone is 3. The van der Waals surface area contributed by atoms with Gasteiger partial charge in [-0.3, -0.25) is 9.59 Å². The van der Waals surface area contributed by atoms with Gasteiger partial charge < -0.3 is 36.1 Å². The molecular formula is C67H68BrCl3N12O6S. The number of likely N-dealkylation sites (N-methyl/N-ethyl adjacent to an activating group) is 1.